The molecule has 1 fully saturated rings. The lowest BCUT2D eigenvalue weighted by atomic mass is 9.91. The van der Waals surface area contributed by atoms with E-state index in [4.69, 9.17) is 9.52 Å². The lowest BCUT2D eigenvalue weighted by Crippen LogP contribution is -2.48. The third-order valence-electron chi connectivity index (χ3n) is 7.22. The van der Waals surface area contributed by atoms with Crippen molar-refractivity contribution in [2.45, 2.75) is 65.0 Å². The van der Waals surface area contributed by atoms with Crippen LogP contribution < -0.4 is 5.32 Å². The Morgan fingerprint density at radius 2 is 2.00 bits per heavy atom. The molecule has 188 valence electrons. The van der Waals surface area contributed by atoms with Crippen LogP contribution in [0.1, 0.15) is 62.2 Å². The van der Waals surface area contributed by atoms with E-state index in [9.17, 15) is 9.59 Å². The van der Waals surface area contributed by atoms with Crippen molar-refractivity contribution < 1.29 is 14.1 Å². The number of likely N-dealkylation sites (tertiary alicyclic amines) is 1. The van der Waals surface area contributed by atoms with Crippen LogP contribution in [-0.4, -0.2) is 45.3 Å². The van der Waals surface area contributed by atoms with Crippen LogP contribution in [-0.2, 0) is 15.1 Å². The molecule has 1 N–H and O–H groups in total. The maximum atomic E-state index is 13.7. The molecule has 9 heteroatoms. The van der Waals surface area contributed by atoms with Crippen LogP contribution in [0.5, 0.6) is 0 Å². The number of carbonyl (C=O) groups excluding carboxylic acids is 2. The summed E-state index contributed by atoms with van der Waals surface area (Å²) in [7, 11) is 0. The lowest BCUT2D eigenvalue weighted by molar-refractivity contribution is -0.134. The number of thiazole rings is 1. The molecular formula is C27H31N5O3S. The third kappa shape index (κ3) is 4.15. The van der Waals surface area contributed by atoms with Gasteiger partial charge >= 0.3 is 0 Å². The van der Waals surface area contributed by atoms with E-state index in [0.717, 1.165) is 40.2 Å². The van der Waals surface area contributed by atoms with Gasteiger partial charge in [-0.05, 0) is 50.7 Å². The van der Waals surface area contributed by atoms with Gasteiger partial charge in [-0.3, -0.25) is 9.59 Å². The van der Waals surface area contributed by atoms with Gasteiger partial charge in [-0.15, -0.1) is 11.3 Å². The van der Waals surface area contributed by atoms with Gasteiger partial charge < -0.3 is 14.7 Å². The molecule has 1 saturated heterocycles. The number of benzene rings is 1. The van der Waals surface area contributed by atoms with E-state index in [1.165, 1.54) is 0 Å². The Kier molecular flexibility index (Phi) is 6.28. The normalized spacial score (nSPS) is 22.7. The Morgan fingerprint density at radius 3 is 2.61 bits per heavy atom. The van der Waals surface area contributed by atoms with Crippen molar-refractivity contribution >= 4 is 29.0 Å². The molecule has 1 aromatic carbocycles. The van der Waals surface area contributed by atoms with Crippen molar-refractivity contribution in [3.05, 3.63) is 58.6 Å². The van der Waals surface area contributed by atoms with Crippen LogP contribution in [0.3, 0.4) is 0 Å². The number of rotatable bonds is 6. The molecular weight excluding hydrogens is 474 g/mol. The number of aryl methyl sites for hydroxylation is 2. The summed E-state index contributed by atoms with van der Waals surface area (Å²) in [6.07, 6.45) is 1.61. The highest BCUT2D eigenvalue weighted by atomic mass is 32.1. The first-order chi connectivity index (χ1) is 17.2. The number of hydrogen-bond donors (Lipinski definition) is 1. The zero-order valence-corrected chi connectivity index (χ0v) is 22.1. The van der Waals surface area contributed by atoms with E-state index in [-0.39, 0.29) is 23.8 Å². The second kappa shape index (κ2) is 9.28. The average Bonchev–Trinajstić information content (AvgIpc) is 3.63. The van der Waals surface area contributed by atoms with Gasteiger partial charge in [-0.25, -0.2) is 9.98 Å². The van der Waals surface area contributed by atoms with Gasteiger partial charge in [0.15, 0.2) is 5.54 Å². The minimum absolute atomic E-state index is 0.0153. The van der Waals surface area contributed by atoms with E-state index in [1.807, 2.05) is 75.4 Å². The summed E-state index contributed by atoms with van der Waals surface area (Å²) in [4.78, 5) is 39.1. The highest BCUT2D eigenvalue weighted by Crippen LogP contribution is 2.36. The van der Waals surface area contributed by atoms with Crippen molar-refractivity contribution in [2.75, 3.05) is 6.54 Å². The minimum Gasteiger partial charge on any atom is -0.360 e. The van der Waals surface area contributed by atoms with Gasteiger partial charge in [-0.2, -0.15) is 0 Å². The van der Waals surface area contributed by atoms with Crippen LogP contribution in [0.25, 0.3) is 10.4 Å². The van der Waals surface area contributed by atoms with Crippen LogP contribution in [0.15, 0.2) is 45.4 Å². The van der Waals surface area contributed by atoms with Crippen LogP contribution in [0, 0.1) is 19.8 Å². The Balaban J connectivity index is 1.41. The first-order valence-electron chi connectivity index (χ1n) is 12.3. The monoisotopic (exact) mass is 505 g/mol. The molecule has 0 radical (unpaired) electrons. The van der Waals surface area contributed by atoms with Gasteiger partial charge in [0.2, 0.25) is 5.91 Å². The van der Waals surface area contributed by atoms with Gasteiger partial charge in [0.25, 0.3) is 5.91 Å². The summed E-state index contributed by atoms with van der Waals surface area (Å²) in [6.45, 7) is 10.3. The molecule has 0 aliphatic carbocycles. The zero-order chi connectivity index (χ0) is 25.6. The Labute approximate surface area is 214 Å². The van der Waals surface area contributed by atoms with Crippen molar-refractivity contribution in [1.82, 2.24) is 20.4 Å². The van der Waals surface area contributed by atoms with E-state index in [2.05, 4.69) is 15.5 Å². The Hall–Kier alpha value is -3.33. The quantitative estimate of drug-likeness (QED) is 0.528. The molecule has 0 saturated carbocycles. The van der Waals surface area contributed by atoms with Crippen molar-refractivity contribution in [3.63, 3.8) is 0 Å². The molecule has 5 rings (SSSR count). The Bertz CT molecular complexity index is 1330. The van der Waals surface area contributed by atoms with Crippen LogP contribution >= 0.6 is 11.3 Å². The predicted molar refractivity (Wildman–Crippen MR) is 139 cm³/mol. The fourth-order valence-corrected chi connectivity index (χ4v) is 6.01. The minimum atomic E-state index is -1.05. The lowest BCUT2D eigenvalue weighted by Gasteiger charge is -2.29. The van der Waals surface area contributed by atoms with E-state index < -0.39 is 11.5 Å². The smallest absolute Gasteiger partial charge is 0.257 e. The molecule has 2 aromatic heterocycles. The molecule has 2 aliphatic rings. The highest BCUT2D eigenvalue weighted by Gasteiger charge is 2.46. The maximum Gasteiger partial charge on any atom is 0.257 e. The van der Waals surface area contributed by atoms with Crippen LogP contribution in [0.4, 0.5) is 0 Å². The number of nitrogens with one attached hydrogen (secondary N) is 1. The number of aliphatic imine (C=N–C) groups is 1. The van der Waals surface area contributed by atoms with Crippen LogP contribution in [0.2, 0.25) is 0 Å². The summed E-state index contributed by atoms with van der Waals surface area (Å²) in [5.41, 5.74) is 4.41. The summed E-state index contributed by atoms with van der Waals surface area (Å²) < 4.78 is 5.48. The number of nitrogens with zero attached hydrogens (tertiary/aromatic N) is 4. The predicted octanol–water partition coefficient (Wildman–Crippen LogP) is 4.59. The van der Waals surface area contributed by atoms with E-state index >= 15 is 0 Å². The second-order valence-corrected chi connectivity index (χ2v) is 11.0. The molecule has 4 heterocycles. The van der Waals surface area contributed by atoms with Crippen molar-refractivity contribution in [3.8, 4) is 10.4 Å². The average molecular weight is 506 g/mol. The molecule has 0 spiro atoms. The standard InChI is InChI=1S/C27H31N5O3S/c1-15(2)22(21-13-16(3)31-35-21)25(33)32-12-6-7-20(32)24-29-26(34)27(5,30-24)19-10-8-18(9-11-19)23-17(4)28-14-36-23/h8-11,13-15,20,22H,6-7,12H2,1-5H3,(H,29,30,34). The second-order valence-electron chi connectivity index (χ2n) is 10.1. The molecule has 3 aromatic rings. The molecule has 36 heavy (non-hydrogen) atoms. The summed E-state index contributed by atoms with van der Waals surface area (Å²) in [5.74, 6) is 0.558. The number of hydrogen-bond acceptors (Lipinski definition) is 7. The first kappa shape index (κ1) is 24.4. The number of amides is 2. The molecule has 2 amide bonds. The number of amidine groups is 1. The van der Waals surface area contributed by atoms with Gasteiger partial charge in [-0.1, -0.05) is 43.3 Å². The first-order valence-corrected chi connectivity index (χ1v) is 13.2. The Morgan fingerprint density at radius 1 is 1.25 bits per heavy atom. The molecule has 8 nitrogen and oxygen atoms in total. The maximum absolute atomic E-state index is 13.7. The third-order valence-corrected chi connectivity index (χ3v) is 8.20. The molecule has 2 aliphatic heterocycles. The van der Waals surface area contributed by atoms with Gasteiger partial charge in [0.05, 0.1) is 27.8 Å². The zero-order valence-electron chi connectivity index (χ0n) is 21.2. The summed E-state index contributed by atoms with van der Waals surface area (Å²) >= 11 is 1.60. The number of carbonyl (C=O) groups is 2. The van der Waals surface area contributed by atoms with E-state index in [0.29, 0.717) is 18.1 Å². The fourth-order valence-electron chi connectivity index (χ4n) is 5.19. The van der Waals surface area contributed by atoms with Gasteiger partial charge in [0, 0.05) is 12.6 Å². The molecule has 0 bridgehead atoms. The fraction of sp³-hybridized carbons (Fsp3) is 0.444. The molecule has 3 unspecified atom stereocenters. The molecule has 3 atom stereocenters. The largest absolute Gasteiger partial charge is 0.360 e. The van der Waals surface area contributed by atoms with Gasteiger partial charge in [0.1, 0.15) is 17.5 Å². The van der Waals surface area contributed by atoms with E-state index in [1.54, 1.807) is 11.3 Å². The summed E-state index contributed by atoms with van der Waals surface area (Å²) in [5, 5.41) is 6.99. The highest BCUT2D eigenvalue weighted by molar-refractivity contribution is 7.13. The SMILES string of the molecule is Cc1cc(C(C(=O)N2CCCC2C2=NC(C)(c3ccc(-c4scnc4C)cc3)C(=O)N2)C(C)C)on1. The van der Waals surface area contributed by atoms with Crippen molar-refractivity contribution in [2.24, 2.45) is 10.9 Å². The number of aromatic nitrogens is 2. The summed E-state index contributed by atoms with van der Waals surface area (Å²) in [6, 6.07) is 9.50. The topological polar surface area (TPSA) is 101 Å². The van der Waals surface area contributed by atoms with Crippen molar-refractivity contribution in [1.29, 1.82) is 0 Å².